The van der Waals surface area contributed by atoms with Gasteiger partial charge in [0.2, 0.25) is 0 Å². The van der Waals surface area contributed by atoms with Crippen LogP contribution in [0.2, 0.25) is 0 Å². The zero-order valence-corrected chi connectivity index (χ0v) is 16.3. The first-order chi connectivity index (χ1) is 12.5. The van der Waals surface area contributed by atoms with Gasteiger partial charge in [0.25, 0.3) is 10.1 Å². The molecule has 26 heavy (non-hydrogen) atoms. The van der Waals surface area contributed by atoms with Crippen molar-refractivity contribution in [2.45, 2.75) is 76.5 Å². The van der Waals surface area contributed by atoms with Crippen molar-refractivity contribution in [2.75, 3.05) is 0 Å². The Morgan fingerprint density at radius 3 is 2.19 bits per heavy atom. The summed E-state index contributed by atoms with van der Waals surface area (Å²) >= 11 is 0. The molecule has 0 amide bonds. The third-order valence-corrected chi connectivity index (χ3v) is 7.88. The second-order valence-corrected chi connectivity index (χ2v) is 9.95. The Hall–Kier alpha value is -1.13. The van der Waals surface area contributed by atoms with E-state index in [1.54, 1.807) is 6.08 Å². The molecule has 3 nitrogen and oxygen atoms in total. The molecule has 0 spiro atoms. The van der Waals surface area contributed by atoms with Crippen LogP contribution in [-0.4, -0.2) is 13.0 Å². The van der Waals surface area contributed by atoms with Gasteiger partial charge in [0.05, 0.1) is 4.91 Å². The minimum atomic E-state index is -4.14. The maximum Gasteiger partial charge on any atom is 0.290 e. The molecule has 0 heterocycles. The summed E-state index contributed by atoms with van der Waals surface area (Å²) in [5.74, 6) is 0.925. The lowest BCUT2D eigenvalue weighted by atomic mass is 9.74. The maximum absolute atomic E-state index is 12.1. The summed E-state index contributed by atoms with van der Waals surface area (Å²) in [6.07, 6.45) is 14.6. The second-order valence-electron chi connectivity index (χ2n) is 8.52. The molecule has 1 N–H and O–H groups in total. The first-order valence-electron chi connectivity index (χ1n) is 10.3. The Morgan fingerprint density at radius 2 is 1.54 bits per heavy atom. The van der Waals surface area contributed by atoms with Crippen molar-refractivity contribution < 1.29 is 13.0 Å². The molecule has 3 aliphatic rings. The largest absolute Gasteiger partial charge is 0.290 e. The molecule has 3 aliphatic carbocycles. The smallest absolute Gasteiger partial charge is 0.282 e. The van der Waals surface area contributed by atoms with Crippen molar-refractivity contribution >= 4 is 16.2 Å². The summed E-state index contributed by atoms with van der Waals surface area (Å²) in [5.41, 5.74) is 3.59. The van der Waals surface area contributed by atoms with Crippen molar-refractivity contribution in [1.29, 1.82) is 0 Å². The number of hydrogen-bond donors (Lipinski definition) is 1. The van der Waals surface area contributed by atoms with E-state index < -0.39 is 10.1 Å². The van der Waals surface area contributed by atoms with Gasteiger partial charge in [-0.25, -0.2) is 0 Å². The van der Waals surface area contributed by atoms with Gasteiger partial charge in [-0.05, 0) is 66.7 Å². The number of allylic oxidation sites excluding steroid dienone is 1. The quantitative estimate of drug-likeness (QED) is 0.689. The third kappa shape index (κ3) is 3.77. The lowest BCUT2D eigenvalue weighted by Crippen LogP contribution is -2.28. The van der Waals surface area contributed by atoms with Crippen molar-refractivity contribution in [3.8, 4) is 0 Å². The van der Waals surface area contributed by atoms with Crippen LogP contribution in [0, 0.1) is 11.8 Å². The topological polar surface area (TPSA) is 54.4 Å². The molecule has 0 aliphatic heterocycles. The zero-order valence-electron chi connectivity index (χ0n) is 15.5. The van der Waals surface area contributed by atoms with E-state index in [1.807, 2.05) is 0 Å². The van der Waals surface area contributed by atoms with E-state index in [9.17, 15) is 13.0 Å². The van der Waals surface area contributed by atoms with Gasteiger partial charge in [-0.2, -0.15) is 8.42 Å². The molecule has 2 saturated carbocycles. The summed E-state index contributed by atoms with van der Waals surface area (Å²) in [6, 6.07) is 6.67. The fraction of sp³-hybridized carbons (Fsp3) is 0.636. The average Bonchev–Trinajstić information content (AvgIpc) is 2.67. The molecule has 0 bridgehead atoms. The van der Waals surface area contributed by atoms with E-state index in [4.69, 9.17) is 0 Å². The standard InChI is InChI=1S/C22H30O3S/c23-26(24,25)22-15-20-13-18(16-7-3-1-4-8-16)11-12-19(20)14-21(22)17-9-5-2-6-10-17/h11-13,15-17,21H,1-10,14H2,(H,23,24,25). The van der Waals surface area contributed by atoms with Crippen molar-refractivity contribution in [3.05, 3.63) is 39.8 Å². The fourth-order valence-corrected chi connectivity index (χ4v) is 6.36. The molecule has 0 aromatic heterocycles. The van der Waals surface area contributed by atoms with E-state index in [-0.39, 0.29) is 10.8 Å². The first-order valence-corrected chi connectivity index (χ1v) is 11.8. The van der Waals surface area contributed by atoms with E-state index in [0.717, 1.165) is 24.8 Å². The minimum Gasteiger partial charge on any atom is -0.282 e. The molecule has 1 unspecified atom stereocenters. The van der Waals surface area contributed by atoms with E-state index in [0.29, 0.717) is 11.8 Å². The van der Waals surface area contributed by atoms with Crippen LogP contribution < -0.4 is 0 Å². The van der Waals surface area contributed by atoms with Gasteiger partial charge in [0.15, 0.2) is 0 Å². The predicted molar refractivity (Wildman–Crippen MR) is 106 cm³/mol. The van der Waals surface area contributed by atoms with Crippen LogP contribution in [0.5, 0.6) is 0 Å². The SMILES string of the molecule is O=S(=O)(O)C1=Cc2cc(C3CCCCC3)ccc2CC1C1CCCCC1. The van der Waals surface area contributed by atoms with Gasteiger partial charge >= 0.3 is 0 Å². The summed E-state index contributed by atoms with van der Waals surface area (Å²) in [5, 5.41) is 0. The van der Waals surface area contributed by atoms with Crippen LogP contribution in [0.3, 0.4) is 0 Å². The third-order valence-electron chi connectivity index (χ3n) is 6.87. The van der Waals surface area contributed by atoms with Gasteiger partial charge in [-0.1, -0.05) is 56.7 Å². The summed E-state index contributed by atoms with van der Waals surface area (Å²) in [6.45, 7) is 0. The monoisotopic (exact) mass is 374 g/mol. The first kappa shape index (κ1) is 18.2. The van der Waals surface area contributed by atoms with Gasteiger partial charge < -0.3 is 0 Å². The molecular formula is C22H30O3S. The van der Waals surface area contributed by atoms with E-state index in [2.05, 4.69) is 18.2 Å². The fourth-order valence-electron chi connectivity index (χ4n) is 5.42. The van der Waals surface area contributed by atoms with Gasteiger partial charge in [-0.15, -0.1) is 0 Å². The number of rotatable bonds is 3. The minimum absolute atomic E-state index is 0.0571. The number of fused-ring (bicyclic) bond motifs is 1. The van der Waals surface area contributed by atoms with Gasteiger partial charge in [0.1, 0.15) is 0 Å². The molecule has 4 rings (SSSR count). The molecular weight excluding hydrogens is 344 g/mol. The molecule has 1 aromatic rings. The molecule has 0 radical (unpaired) electrons. The average molecular weight is 375 g/mol. The Bertz CT molecular complexity index is 782. The maximum atomic E-state index is 12.1. The molecule has 1 atom stereocenters. The summed E-state index contributed by atoms with van der Waals surface area (Å²) in [7, 11) is -4.14. The van der Waals surface area contributed by atoms with Crippen molar-refractivity contribution in [2.24, 2.45) is 11.8 Å². The highest BCUT2D eigenvalue weighted by Gasteiger charge is 2.35. The summed E-state index contributed by atoms with van der Waals surface area (Å²) in [4.78, 5) is 0.262. The summed E-state index contributed by atoms with van der Waals surface area (Å²) < 4.78 is 34.1. The highest BCUT2D eigenvalue weighted by atomic mass is 32.2. The Morgan fingerprint density at radius 1 is 0.885 bits per heavy atom. The zero-order chi connectivity index (χ0) is 18.1. The Kier molecular flexibility index (Phi) is 5.24. The normalized spacial score (nSPS) is 25.6. The Balaban J connectivity index is 1.68. The Labute approximate surface area is 157 Å². The number of hydrogen-bond acceptors (Lipinski definition) is 2. The van der Waals surface area contributed by atoms with Crippen LogP contribution in [0.4, 0.5) is 0 Å². The van der Waals surface area contributed by atoms with E-state index in [1.165, 1.54) is 62.5 Å². The molecule has 4 heteroatoms. The highest BCUT2D eigenvalue weighted by Crippen LogP contribution is 2.42. The molecule has 0 saturated heterocycles. The predicted octanol–water partition coefficient (Wildman–Crippen LogP) is 5.72. The van der Waals surface area contributed by atoms with Crippen LogP contribution in [0.15, 0.2) is 23.1 Å². The molecule has 142 valence electrons. The van der Waals surface area contributed by atoms with Crippen LogP contribution in [0.25, 0.3) is 6.08 Å². The lowest BCUT2D eigenvalue weighted by molar-refractivity contribution is 0.278. The van der Waals surface area contributed by atoms with Gasteiger partial charge in [0, 0.05) is 5.92 Å². The van der Waals surface area contributed by atoms with Crippen LogP contribution in [0.1, 0.15) is 86.8 Å². The van der Waals surface area contributed by atoms with Crippen molar-refractivity contribution in [3.63, 3.8) is 0 Å². The molecule has 2 fully saturated rings. The number of benzene rings is 1. The van der Waals surface area contributed by atoms with Crippen LogP contribution in [-0.2, 0) is 16.5 Å². The lowest BCUT2D eigenvalue weighted by Gasteiger charge is -2.34. The second kappa shape index (κ2) is 7.47. The van der Waals surface area contributed by atoms with Gasteiger partial charge in [-0.3, -0.25) is 4.55 Å². The molecule has 1 aromatic carbocycles. The van der Waals surface area contributed by atoms with Crippen LogP contribution >= 0.6 is 0 Å². The highest BCUT2D eigenvalue weighted by molar-refractivity contribution is 7.90. The van der Waals surface area contributed by atoms with Crippen molar-refractivity contribution in [1.82, 2.24) is 0 Å². The van der Waals surface area contributed by atoms with E-state index >= 15 is 0 Å².